The maximum Gasteiger partial charge on any atom is 0.328 e. The van der Waals surface area contributed by atoms with Crippen LogP contribution in [0.25, 0.3) is 0 Å². The molecule has 2 aromatic carbocycles. The van der Waals surface area contributed by atoms with Crippen molar-refractivity contribution in [2.75, 3.05) is 12.5 Å². The molecule has 2 aromatic rings. The quantitative estimate of drug-likeness (QED) is 0.593. The third kappa shape index (κ3) is 6.75. The van der Waals surface area contributed by atoms with Crippen molar-refractivity contribution in [1.29, 1.82) is 0 Å². The number of rotatable bonds is 9. The highest BCUT2D eigenvalue weighted by Crippen LogP contribution is 2.33. The van der Waals surface area contributed by atoms with Crippen LogP contribution in [0.15, 0.2) is 48.5 Å². The lowest BCUT2D eigenvalue weighted by molar-refractivity contribution is -0.148. The third-order valence-electron chi connectivity index (χ3n) is 4.71. The van der Waals surface area contributed by atoms with Crippen molar-refractivity contribution in [3.8, 4) is 11.5 Å². The Morgan fingerprint density at radius 2 is 1.87 bits per heavy atom. The van der Waals surface area contributed by atoms with Crippen molar-refractivity contribution in [3.63, 3.8) is 0 Å². The fourth-order valence-electron chi connectivity index (χ4n) is 3.04. The van der Waals surface area contributed by atoms with Gasteiger partial charge in [-0.25, -0.2) is 4.79 Å². The van der Waals surface area contributed by atoms with Gasteiger partial charge < -0.3 is 19.5 Å². The SMILES string of the molecule is CC(=O)SC[C@@H]([14CH2]c1ccc2c(c1)OCO2)C(=O)N[C@@H](C)C(=O)OCc1ccccc1. The molecule has 31 heavy (non-hydrogen) atoms. The third-order valence-corrected chi connectivity index (χ3v) is 5.69. The summed E-state index contributed by atoms with van der Waals surface area (Å²) in [6.45, 7) is 3.36. The van der Waals surface area contributed by atoms with E-state index in [0.717, 1.165) is 22.9 Å². The van der Waals surface area contributed by atoms with E-state index in [1.807, 2.05) is 42.5 Å². The number of hydrogen-bond donors (Lipinski definition) is 1. The van der Waals surface area contributed by atoms with E-state index in [-0.39, 0.29) is 24.4 Å². The summed E-state index contributed by atoms with van der Waals surface area (Å²) < 4.78 is 16.0. The zero-order valence-corrected chi connectivity index (χ0v) is 18.3. The van der Waals surface area contributed by atoms with Crippen molar-refractivity contribution >= 4 is 28.8 Å². The van der Waals surface area contributed by atoms with E-state index in [9.17, 15) is 14.4 Å². The van der Waals surface area contributed by atoms with E-state index in [0.29, 0.717) is 23.7 Å². The second-order valence-electron chi connectivity index (χ2n) is 7.21. The summed E-state index contributed by atoms with van der Waals surface area (Å²) in [4.78, 5) is 36.6. The van der Waals surface area contributed by atoms with Gasteiger partial charge in [0, 0.05) is 12.7 Å². The fourth-order valence-corrected chi connectivity index (χ4v) is 3.75. The summed E-state index contributed by atoms with van der Waals surface area (Å²) in [5.41, 5.74) is 1.75. The van der Waals surface area contributed by atoms with E-state index in [1.165, 1.54) is 6.92 Å². The summed E-state index contributed by atoms with van der Waals surface area (Å²) in [7, 11) is 0. The molecule has 164 valence electrons. The number of ether oxygens (including phenoxy) is 3. The Hall–Kier alpha value is -3.00. The number of thioether (sulfide) groups is 1. The molecule has 0 spiro atoms. The molecule has 8 heteroatoms. The number of nitrogens with one attached hydrogen (secondary N) is 1. The largest absolute Gasteiger partial charge is 0.459 e. The van der Waals surface area contributed by atoms with E-state index >= 15 is 0 Å². The van der Waals surface area contributed by atoms with Crippen LogP contribution >= 0.6 is 11.8 Å². The molecule has 0 aromatic heterocycles. The molecule has 1 aliphatic rings. The molecule has 1 N–H and O–H groups in total. The van der Waals surface area contributed by atoms with Gasteiger partial charge in [-0.1, -0.05) is 48.2 Å². The standard InChI is InChI=1S/C23H25NO6S/c1-15(23(27)28-12-17-6-4-3-5-7-17)24-22(26)19(13-31-16(2)25)10-18-8-9-20-21(11-18)30-14-29-20/h3-9,11,15,19H,10,12-14H2,1-2H3,(H,24,26)/t15-,19+/m0/s1/i10+2. The minimum absolute atomic E-state index is 0.0706. The molecule has 0 unspecified atom stereocenters. The first-order chi connectivity index (χ1) is 14.9. The molecule has 1 heterocycles. The van der Waals surface area contributed by atoms with E-state index in [4.69, 9.17) is 14.2 Å². The Bertz CT molecular complexity index is 933. The average molecular weight is 446 g/mol. The first-order valence-electron chi connectivity index (χ1n) is 9.95. The maximum absolute atomic E-state index is 12.9. The predicted octanol–water partition coefficient (Wildman–Crippen LogP) is 3.10. The number of benzene rings is 2. The van der Waals surface area contributed by atoms with Crippen molar-refractivity contribution in [3.05, 3.63) is 59.7 Å². The van der Waals surface area contributed by atoms with Crippen molar-refractivity contribution in [2.45, 2.75) is 32.9 Å². The van der Waals surface area contributed by atoms with Gasteiger partial charge in [-0.15, -0.1) is 0 Å². The second kappa shape index (κ2) is 10.9. The molecule has 0 saturated heterocycles. The number of amides is 1. The number of fused-ring (bicyclic) bond motifs is 1. The molecule has 0 aliphatic carbocycles. The molecular formula is C23H25NO6S. The van der Waals surface area contributed by atoms with Crippen LogP contribution < -0.4 is 14.8 Å². The number of carbonyl (C=O) groups is 3. The van der Waals surface area contributed by atoms with Crippen LogP contribution in [-0.2, 0) is 32.1 Å². The molecule has 0 bridgehead atoms. The fraction of sp³-hybridized carbons (Fsp3) is 0.348. The van der Waals surface area contributed by atoms with E-state index in [1.54, 1.807) is 13.0 Å². The van der Waals surface area contributed by atoms with Crippen LogP contribution in [0.5, 0.6) is 11.5 Å². The highest BCUT2D eigenvalue weighted by atomic mass is 32.2. The lowest BCUT2D eigenvalue weighted by Gasteiger charge is -2.19. The highest BCUT2D eigenvalue weighted by molar-refractivity contribution is 8.13. The molecule has 1 amide bonds. The van der Waals surface area contributed by atoms with Gasteiger partial charge in [-0.3, -0.25) is 9.59 Å². The van der Waals surface area contributed by atoms with Crippen LogP contribution in [0.3, 0.4) is 0 Å². The summed E-state index contributed by atoms with van der Waals surface area (Å²) >= 11 is 1.08. The lowest BCUT2D eigenvalue weighted by atomic mass is 10.2. The Balaban J connectivity index is 1.59. The summed E-state index contributed by atoms with van der Waals surface area (Å²) in [6, 6.07) is 14.0. The van der Waals surface area contributed by atoms with E-state index in [2.05, 4.69) is 5.32 Å². The van der Waals surface area contributed by atoms with Gasteiger partial charge in [0.2, 0.25) is 12.7 Å². The monoisotopic (exact) mass is 445 g/mol. The van der Waals surface area contributed by atoms with Crippen molar-refractivity contribution in [1.82, 2.24) is 5.32 Å². The molecule has 7 nitrogen and oxygen atoms in total. The number of carbonyl (C=O) groups excluding carboxylic acids is 3. The summed E-state index contributed by atoms with van der Waals surface area (Å²) in [5.74, 6) is 0.278. The number of hydrogen-bond acceptors (Lipinski definition) is 7. The molecule has 0 fully saturated rings. The summed E-state index contributed by atoms with van der Waals surface area (Å²) in [5, 5.41) is 2.65. The van der Waals surface area contributed by atoms with Crippen molar-refractivity contribution < 1.29 is 28.6 Å². The highest BCUT2D eigenvalue weighted by Gasteiger charge is 2.25. The average Bonchev–Trinajstić information content (AvgIpc) is 3.23. The molecular weight excluding hydrogens is 420 g/mol. The van der Waals surface area contributed by atoms with Crippen LogP contribution in [0, 0.1) is 5.92 Å². The zero-order chi connectivity index (χ0) is 22.2. The topological polar surface area (TPSA) is 90.9 Å². The second-order valence-corrected chi connectivity index (χ2v) is 8.41. The molecule has 0 saturated carbocycles. The van der Waals surface area contributed by atoms with Crippen LogP contribution in [-0.4, -0.2) is 35.6 Å². The minimum atomic E-state index is -0.808. The van der Waals surface area contributed by atoms with Gasteiger partial charge in [0.1, 0.15) is 12.6 Å². The van der Waals surface area contributed by atoms with Gasteiger partial charge in [0.05, 0.1) is 5.92 Å². The van der Waals surface area contributed by atoms with Gasteiger partial charge in [-0.05, 0) is 36.6 Å². The summed E-state index contributed by atoms with van der Waals surface area (Å²) in [6.07, 6.45) is 0.397. The first-order valence-corrected chi connectivity index (χ1v) is 10.9. The number of esters is 1. The molecule has 3 rings (SSSR count). The van der Waals surface area contributed by atoms with Crippen LogP contribution in [0.1, 0.15) is 25.0 Å². The van der Waals surface area contributed by atoms with Crippen molar-refractivity contribution in [2.24, 2.45) is 5.92 Å². The first kappa shape index (κ1) is 22.7. The Morgan fingerprint density at radius 3 is 2.61 bits per heavy atom. The molecule has 0 radical (unpaired) electrons. The van der Waals surface area contributed by atoms with Gasteiger partial charge >= 0.3 is 5.97 Å². The maximum atomic E-state index is 12.9. The Labute approximate surface area is 185 Å². The predicted molar refractivity (Wildman–Crippen MR) is 117 cm³/mol. The molecule has 1 aliphatic heterocycles. The Kier molecular flexibility index (Phi) is 7.94. The van der Waals surface area contributed by atoms with Crippen LogP contribution in [0.2, 0.25) is 0 Å². The molecule has 2 atom stereocenters. The van der Waals surface area contributed by atoms with Gasteiger partial charge in [-0.2, -0.15) is 0 Å². The van der Waals surface area contributed by atoms with Gasteiger partial charge in [0.25, 0.3) is 0 Å². The Morgan fingerprint density at radius 1 is 1.13 bits per heavy atom. The van der Waals surface area contributed by atoms with E-state index < -0.39 is 17.9 Å². The zero-order valence-electron chi connectivity index (χ0n) is 17.5. The normalized spacial score (nSPS) is 13.9. The smallest absolute Gasteiger partial charge is 0.328 e. The van der Waals surface area contributed by atoms with Crippen LogP contribution in [0.4, 0.5) is 0 Å². The lowest BCUT2D eigenvalue weighted by Crippen LogP contribution is -2.43. The minimum Gasteiger partial charge on any atom is -0.459 e. The van der Waals surface area contributed by atoms with Gasteiger partial charge in [0.15, 0.2) is 16.6 Å².